The Bertz CT molecular complexity index is 768. The maximum absolute atomic E-state index is 12.9. The van der Waals surface area contributed by atoms with Crippen molar-refractivity contribution in [2.75, 3.05) is 12.4 Å². The average molecular weight is 390 g/mol. The minimum atomic E-state index is -4.55. The molecule has 3 nitrogen and oxygen atoms in total. The van der Waals surface area contributed by atoms with Crippen LogP contribution in [0.25, 0.3) is 0 Å². The van der Waals surface area contributed by atoms with Crippen LogP contribution in [0.3, 0.4) is 0 Å². The van der Waals surface area contributed by atoms with Crippen LogP contribution in [-0.4, -0.2) is 18.3 Å². The number of rotatable bonds is 5. The third kappa shape index (κ3) is 5.06. The second kappa shape index (κ2) is 8.01. The summed E-state index contributed by atoms with van der Waals surface area (Å²) in [5.74, 6) is 0.150. The van der Waals surface area contributed by atoms with E-state index in [4.69, 9.17) is 16.3 Å². The van der Waals surface area contributed by atoms with Gasteiger partial charge in [0.2, 0.25) is 5.91 Å². The van der Waals surface area contributed by atoms with Crippen molar-refractivity contribution in [3.8, 4) is 5.75 Å². The number of thioether (sulfide) groups is 1. The maximum atomic E-state index is 12.9. The van der Waals surface area contributed by atoms with Gasteiger partial charge in [0.15, 0.2) is 0 Å². The molecule has 2 rings (SSSR count). The van der Waals surface area contributed by atoms with Crippen LogP contribution in [0.15, 0.2) is 47.4 Å². The molecule has 1 atom stereocenters. The molecule has 0 radical (unpaired) electrons. The quantitative estimate of drug-likeness (QED) is 0.687. The Balaban J connectivity index is 2.11. The van der Waals surface area contributed by atoms with Crippen LogP contribution in [0.2, 0.25) is 5.02 Å². The van der Waals surface area contributed by atoms with E-state index >= 15 is 0 Å². The normalized spacial score (nSPS) is 12.6. The van der Waals surface area contributed by atoms with E-state index in [2.05, 4.69) is 5.32 Å². The summed E-state index contributed by atoms with van der Waals surface area (Å²) in [6, 6.07) is 10.5. The zero-order chi connectivity index (χ0) is 18.6. The van der Waals surface area contributed by atoms with Crippen molar-refractivity contribution in [3.63, 3.8) is 0 Å². The van der Waals surface area contributed by atoms with Crippen molar-refractivity contribution >= 4 is 35.0 Å². The summed E-state index contributed by atoms with van der Waals surface area (Å²) in [5, 5.41) is 1.71. The minimum Gasteiger partial charge on any atom is -0.495 e. The Morgan fingerprint density at radius 1 is 1.24 bits per heavy atom. The molecule has 0 aliphatic rings. The van der Waals surface area contributed by atoms with Crippen LogP contribution >= 0.6 is 23.4 Å². The van der Waals surface area contributed by atoms with Crippen LogP contribution in [0.5, 0.6) is 5.75 Å². The number of carbonyl (C=O) groups is 1. The van der Waals surface area contributed by atoms with Crippen LogP contribution < -0.4 is 10.1 Å². The molecule has 0 aliphatic carbocycles. The monoisotopic (exact) mass is 389 g/mol. The van der Waals surface area contributed by atoms with Crippen LogP contribution in [0, 0.1) is 0 Å². The molecule has 134 valence electrons. The first kappa shape index (κ1) is 19.5. The molecule has 2 aromatic carbocycles. The summed E-state index contributed by atoms with van der Waals surface area (Å²) in [4.78, 5) is 12.6. The lowest BCUT2D eigenvalue weighted by atomic mass is 10.2. The topological polar surface area (TPSA) is 38.3 Å². The van der Waals surface area contributed by atoms with E-state index in [9.17, 15) is 18.0 Å². The number of hydrogen-bond acceptors (Lipinski definition) is 3. The second-order valence-electron chi connectivity index (χ2n) is 5.09. The molecule has 1 N–H and O–H groups in total. The van der Waals surface area contributed by atoms with Gasteiger partial charge in [-0.05, 0) is 37.3 Å². The molecule has 0 spiro atoms. The molecule has 0 bridgehead atoms. The number of halogens is 4. The zero-order valence-electron chi connectivity index (χ0n) is 13.4. The van der Waals surface area contributed by atoms with E-state index in [1.165, 1.54) is 19.2 Å². The van der Waals surface area contributed by atoms with Gasteiger partial charge in [0, 0.05) is 4.90 Å². The fourth-order valence-corrected chi connectivity index (χ4v) is 3.17. The second-order valence-corrected chi connectivity index (χ2v) is 6.91. The molecule has 0 heterocycles. The molecule has 0 saturated carbocycles. The summed E-state index contributed by atoms with van der Waals surface area (Å²) < 4.78 is 43.9. The van der Waals surface area contributed by atoms with Crippen molar-refractivity contribution in [1.29, 1.82) is 0 Å². The van der Waals surface area contributed by atoms with Gasteiger partial charge in [0.25, 0.3) is 0 Å². The Labute approximate surface area is 152 Å². The van der Waals surface area contributed by atoms with Crippen LogP contribution in [0.1, 0.15) is 12.5 Å². The molecular formula is C17H15ClF3NO2S. The van der Waals surface area contributed by atoms with Crippen LogP contribution in [-0.2, 0) is 11.0 Å². The first-order chi connectivity index (χ1) is 11.7. The van der Waals surface area contributed by atoms with E-state index < -0.39 is 17.0 Å². The molecule has 0 fully saturated rings. The van der Waals surface area contributed by atoms with Gasteiger partial charge in [0.1, 0.15) is 5.75 Å². The molecule has 0 saturated heterocycles. The SMILES string of the molecule is COc1ccccc1NC(=O)C(C)Sc1ccc(Cl)c(C(F)(F)F)c1. The Morgan fingerprint density at radius 3 is 2.56 bits per heavy atom. The fourth-order valence-electron chi connectivity index (χ4n) is 2.03. The third-order valence-electron chi connectivity index (χ3n) is 3.29. The number of hydrogen-bond donors (Lipinski definition) is 1. The number of para-hydroxylation sites is 2. The van der Waals surface area contributed by atoms with E-state index in [0.29, 0.717) is 16.3 Å². The van der Waals surface area contributed by atoms with E-state index in [-0.39, 0.29) is 10.9 Å². The van der Waals surface area contributed by atoms with Gasteiger partial charge in [-0.25, -0.2) is 0 Å². The largest absolute Gasteiger partial charge is 0.495 e. The molecule has 1 amide bonds. The highest BCUT2D eigenvalue weighted by Gasteiger charge is 2.33. The van der Waals surface area contributed by atoms with Gasteiger partial charge >= 0.3 is 6.18 Å². The van der Waals surface area contributed by atoms with Gasteiger partial charge in [0.05, 0.1) is 28.6 Å². The number of carbonyl (C=O) groups excluding carboxylic acids is 1. The number of benzene rings is 2. The minimum absolute atomic E-state index is 0.305. The maximum Gasteiger partial charge on any atom is 0.417 e. The molecular weight excluding hydrogens is 375 g/mol. The summed E-state index contributed by atoms with van der Waals surface area (Å²) in [6.45, 7) is 1.61. The summed E-state index contributed by atoms with van der Waals surface area (Å²) in [6.07, 6.45) is -4.55. The fraction of sp³-hybridized carbons (Fsp3) is 0.235. The van der Waals surface area contributed by atoms with Gasteiger partial charge < -0.3 is 10.1 Å². The standard InChI is InChI=1S/C17H15ClF3NO2S/c1-10(16(23)22-14-5-3-4-6-15(14)24-2)25-11-7-8-13(18)12(9-11)17(19,20)21/h3-10H,1-2H3,(H,22,23). The Hall–Kier alpha value is -1.86. The lowest BCUT2D eigenvalue weighted by molar-refractivity contribution is -0.137. The van der Waals surface area contributed by atoms with Gasteiger partial charge in [-0.1, -0.05) is 23.7 Å². The first-order valence-corrected chi connectivity index (χ1v) is 8.45. The van der Waals surface area contributed by atoms with Crippen molar-refractivity contribution < 1.29 is 22.7 Å². The highest BCUT2D eigenvalue weighted by Crippen LogP contribution is 2.38. The number of ether oxygens (including phenoxy) is 1. The van der Waals surface area contributed by atoms with Gasteiger partial charge in [-0.3, -0.25) is 4.79 Å². The molecule has 1 unspecified atom stereocenters. The van der Waals surface area contributed by atoms with Gasteiger partial charge in [-0.2, -0.15) is 13.2 Å². The Morgan fingerprint density at radius 2 is 1.92 bits per heavy atom. The smallest absolute Gasteiger partial charge is 0.417 e. The number of nitrogens with one attached hydrogen (secondary N) is 1. The van der Waals surface area contributed by atoms with E-state index in [0.717, 1.165) is 17.8 Å². The summed E-state index contributed by atoms with van der Waals surface area (Å²) in [7, 11) is 1.48. The van der Waals surface area contributed by atoms with Crippen molar-refractivity contribution in [2.45, 2.75) is 23.2 Å². The summed E-state index contributed by atoms with van der Waals surface area (Å²) >= 11 is 6.61. The number of amides is 1. The highest BCUT2D eigenvalue weighted by atomic mass is 35.5. The van der Waals surface area contributed by atoms with Crippen LogP contribution in [0.4, 0.5) is 18.9 Å². The Kier molecular flexibility index (Phi) is 6.24. The molecule has 8 heteroatoms. The first-order valence-electron chi connectivity index (χ1n) is 7.19. The summed E-state index contributed by atoms with van der Waals surface area (Å²) in [5.41, 5.74) is -0.425. The third-order valence-corrected chi connectivity index (χ3v) is 4.71. The molecule has 25 heavy (non-hydrogen) atoms. The zero-order valence-corrected chi connectivity index (χ0v) is 14.9. The molecule has 0 aliphatic heterocycles. The number of alkyl halides is 3. The predicted octanol–water partition coefficient (Wildman–Crippen LogP) is 5.49. The highest BCUT2D eigenvalue weighted by molar-refractivity contribution is 8.00. The van der Waals surface area contributed by atoms with E-state index in [1.54, 1.807) is 31.2 Å². The average Bonchev–Trinajstić information content (AvgIpc) is 2.56. The van der Waals surface area contributed by atoms with Crippen molar-refractivity contribution in [1.82, 2.24) is 0 Å². The molecule has 0 aromatic heterocycles. The van der Waals surface area contributed by atoms with Gasteiger partial charge in [-0.15, -0.1) is 11.8 Å². The predicted molar refractivity (Wildman–Crippen MR) is 93.4 cm³/mol. The lowest BCUT2D eigenvalue weighted by Gasteiger charge is -2.15. The van der Waals surface area contributed by atoms with Crippen molar-refractivity contribution in [2.24, 2.45) is 0 Å². The van der Waals surface area contributed by atoms with E-state index in [1.807, 2.05) is 0 Å². The number of anilines is 1. The molecule has 2 aromatic rings. The lowest BCUT2D eigenvalue weighted by Crippen LogP contribution is -2.22. The van der Waals surface area contributed by atoms with Crippen molar-refractivity contribution in [3.05, 3.63) is 53.1 Å². The number of methoxy groups -OCH3 is 1.